The van der Waals surface area contributed by atoms with E-state index in [-0.39, 0.29) is 113 Å². The fourth-order valence-corrected chi connectivity index (χ4v) is 1.70. The first-order valence-electron chi connectivity index (χ1n) is 3.92. The third-order valence-electron chi connectivity index (χ3n) is 1.56. The molecule has 5 N–H and O–H groups in total. The molecule has 0 aromatic rings. The van der Waals surface area contributed by atoms with Crippen LogP contribution in [0.5, 0.6) is 0 Å². The summed E-state index contributed by atoms with van der Waals surface area (Å²) in [4.78, 5) is 48.5. The third-order valence-corrected chi connectivity index (χ3v) is 2.14. The van der Waals surface area contributed by atoms with Gasteiger partial charge in [0.2, 0.25) is 0 Å². The van der Waals surface area contributed by atoms with Gasteiger partial charge in [0.05, 0.1) is 12.8 Å². The van der Waals surface area contributed by atoms with Crippen molar-refractivity contribution in [1.29, 1.82) is 0 Å². The normalized spacial score (nSPS) is 10.3. The molecule has 10 nitrogen and oxygen atoms in total. The van der Waals surface area contributed by atoms with Crippen molar-refractivity contribution < 1.29 is 48.6 Å². The first-order valence-corrected chi connectivity index (χ1v) is 5.45. The van der Waals surface area contributed by atoms with E-state index in [0.29, 0.717) is 0 Å². The number of hydrogen-bond donors (Lipinski definition) is 5. The molecule has 0 radical (unpaired) electrons. The summed E-state index contributed by atoms with van der Waals surface area (Å²) in [7, 11) is -5.36. The van der Waals surface area contributed by atoms with E-state index in [2.05, 4.69) is 4.52 Å². The Kier molecular flexibility index (Phi) is 19.2. The second kappa shape index (κ2) is 12.7. The van der Waals surface area contributed by atoms with Crippen molar-refractivity contribution in [3.8, 4) is 0 Å². The first-order chi connectivity index (χ1) is 7.48. The molecule has 110 valence electrons. The number of aliphatic carboxylic acids is 3. The van der Waals surface area contributed by atoms with Gasteiger partial charge < -0.3 is 25.1 Å². The van der Waals surface area contributed by atoms with Gasteiger partial charge in [0.25, 0.3) is 0 Å². The molecule has 20 heavy (non-hydrogen) atoms. The number of carboxylic acid groups (broad SMARTS) is 3. The van der Waals surface area contributed by atoms with Gasteiger partial charge in [-0.15, -0.1) is 0 Å². The minimum atomic E-state index is -5.36. The average Bonchev–Trinajstić information content (AvgIpc) is 1.96. The SMILES string of the molecule is O=C(O)CC(CC(=O)O)(OP(=O)(O)O)C(=O)O.[CaH2].[CaH2].[CaH2]. The monoisotopic (exact) mass is 398 g/mol. The molecule has 14 heteroatoms. The zero-order valence-corrected chi connectivity index (χ0v) is 9.03. The molecule has 0 saturated heterocycles. The van der Waals surface area contributed by atoms with Crippen LogP contribution in [0.25, 0.3) is 0 Å². The van der Waals surface area contributed by atoms with Crippen molar-refractivity contribution in [2.75, 3.05) is 0 Å². The summed E-state index contributed by atoms with van der Waals surface area (Å²) in [6.07, 6.45) is -2.81. The molecule has 0 heterocycles. The fraction of sp³-hybridized carbons (Fsp3) is 0.500. The maximum absolute atomic E-state index is 10.8. The average molecular weight is 398 g/mol. The number of carbonyl (C=O) groups is 3. The first kappa shape index (κ1) is 30.2. The Hall–Kier alpha value is 2.30. The maximum atomic E-state index is 10.8. The van der Waals surface area contributed by atoms with Crippen LogP contribution in [0.15, 0.2) is 0 Å². The summed E-state index contributed by atoms with van der Waals surface area (Å²) < 4.78 is 14.4. The van der Waals surface area contributed by atoms with Crippen LogP contribution in [0.4, 0.5) is 0 Å². The van der Waals surface area contributed by atoms with Gasteiger partial charge in [-0.25, -0.2) is 9.36 Å². The summed E-state index contributed by atoms with van der Waals surface area (Å²) in [6.45, 7) is 0. The van der Waals surface area contributed by atoms with Gasteiger partial charge in [0, 0.05) is 0 Å². The minimum absolute atomic E-state index is 0. The van der Waals surface area contributed by atoms with Gasteiger partial charge in [-0.05, 0) is 0 Å². The van der Waals surface area contributed by atoms with Crippen molar-refractivity contribution in [2.24, 2.45) is 0 Å². The summed E-state index contributed by atoms with van der Waals surface area (Å²) >= 11 is 0. The Morgan fingerprint density at radius 3 is 1.35 bits per heavy atom. The van der Waals surface area contributed by atoms with E-state index in [1.807, 2.05) is 0 Å². The van der Waals surface area contributed by atoms with Gasteiger partial charge in [-0.3, -0.25) is 14.1 Å². The second-order valence-corrected chi connectivity index (χ2v) is 4.19. The van der Waals surface area contributed by atoms with Crippen LogP contribution >= 0.6 is 7.82 Å². The predicted octanol–water partition coefficient (Wildman–Crippen LogP) is -3.88. The van der Waals surface area contributed by atoms with E-state index in [9.17, 15) is 18.9 Å². The Morgan fingerprint density at radius 2 is 1.20 bits per heavy atom. The predicted molar refractivity (Wildman–Crippen MR) is 73.6 cm³/mol. The van der Waals surface area contributed by atoms with Crippen LogP contribution in [-0.2, 0) is 23.5 Å². The van der Waals surface area contributed by atoms with E-state index < -0.39 is 44.2 Å². The van der Waals surface area contributed by atoms with E-state index in [0.717, 1.165) is 0 Å². The van der Waals surface area contributed by atoms with Crippen molar-refractivity contribution >= 4 is 139 Å². The molecule has 0 fully saturated rings. The standard InChI is InChI=1S/C6H9O10P.3Ca.6H/c7-3(8)1-6(5(11)12,2-4(9)10)16-17(13,14)15;;;;;;;;;/h1-2H2,(H,7,8)(H,9,10)(H,11,12)(H2,13,14,15);;;;;;;;;. The molecular formula is C6H15Ca3O10P. The quantitative estimate of drug-likeness (QED) is 0.210. The van der Waals surface area contributed by atoms with Crippen LogP contribution in [-0.4, -0.2) is 162 Å². The molecule has 0 aliphatic carbocycles. The molecule has 0 aliphatic heterocycles. The summed E-state index contributed by atoms with van der Waals surface area (Å²) in [5, 5.41) is 25.5. The van der Waals surface area contributed by atoms with Crippen molar-refractivity contribution in [1.82, 2.24) is 0 Å². The molecule has 0 rings (SSSR count). The molecular weight excluding hydrogens is 383 g/mol. The Morgan fingerprint density at radius 1 is 0.900 bits per heavy atom. The van der Waals surface area contributed by atoms with Crippen LogP contribution in [0.3, 0.4) is 0 Å². The topological polar surface area (TPSA) is 179 Å². The molecule has 0 saturated carbocycles. The Labute approximate surface area is 202 Å². The van der Waals surface area contributed by atoms with Crippen LogP contribution < -0.4 is 0 Å². The van der Waals surface area contributed by atoms with Crippen LogP contribution in [0.2, 0.25) is 0 Å². The van der Waals surface area contributed by atoms with Gasteiger partial charge in [0.15, 0.2) is 5.60 Å². The molecule has 0 spiro atoms. The fourth-order valence-electron chi connectivity index (χ4n) is 1.03. The Bertz CT molecular complexity index is 376. The summed E-state index contributed by atoms with van der Waals surface area (Å²) in [6, 6.07) is 0. The zero-order valence-electron chi connectivity index (χ0n) is 8.14. The van der Waals surface area contributed by atoms with E-state index in [1.54, 1.807) is 0 Å². The van der Waals surface area contributed by atoms with E-state index in [4.69, 9.17) is 25.1 Å². The molecule has 0 aliphatic rings. The number of carboxylic acids is 3. The molecule has 0 atom stereocenters. The second-order valence-electron chi connectivity index (χ2n) is 3.02. The number of phosphoric ester groups is 1. The van der Waals surface area contributed by atoms with E-state index >= 15 is 0 Å². The number of hydrogen-bond acceptors (Lipinski definition) is 5. The molecule has 0 bridgehead atoms. The van der Waals surface area contributed by atoms with Crippen LogP contribution in [0.1, 0.15) is 12.8 Å². The van der Waals surface area contributed by atoms with Gasteiger partial charge in [-0.1, -0.05) is 0 Å². The Balaban J connectivity index is -0.000000427. The molecule has 0 unspecified atom stereocenters. The molecule has 0 aromatic heterocycles. The molecule has 0 aromatic carbocycles. The van der Waals surface area contributed by atoms with Gasteiger partial charge in [-0.2, -0.15) is 0 Å². The number of phosphoric acid groups is 1. The van der Waals surface area contributed by atoms with Crippen molar-refractivity contribution in [3.63, 3.8) is 0 Å². The number of rotatable bonds is 7. The van der Waals surface area contributed by atoms with Gasteiger partial charge in [0.1, 0.15) is 0 Å². The van der Waals surface area contributed by atoms with Crippen molar-refractivity contribution in [2.45, 2.75) is 18.4 Å². The summed E-state index contributed by atoms with van der Waals surface area (Å²) in [5.74, 6) is -5.64. The summed E-state index contributed by atoms with van der Waals surface area (Å²) in [5.41, 5.74) is -3.02. The zero-order chi connectivity index (χ0) is 13.9. The van der Waals surface area contributed by atoms with E-state index in [1.165, 1.54) is 0 Å². The van der Waals surface area contributed by atoms with Gasteiger partial charge >= 0.3 is 139 Å². The molecule has 0 amide bonds. The van der Waals surface area contributed by atoms with Crippen LogP contribution in [0, 0.1) is 0 Å². The van der Waals surface area contributed by atoms with Crippen molar-refractivity contribution in [3.05, 3.63) is 0 Å². The third kappa shape index (κ3) is 12.8.